The highest BCUT2D eigenvalue weighted by molar-refractivity contribution is 7.99. The maximum absolute atomic E-state index is 12.2. The minimum atomic E-state index is -2.38. The molecule has 0 unspecified atom stereocenters. The molecule has 0 aliphatic carbocycles. The monoisotopic (exact) mass is 265 g/mol. The molecule has 0 bridgehead atoms. The minimum absolute atomic E-state index is 0.551. The zero-order valence-electron chi connectivity index (χ0n) is 9.86. The zero-order chi connectivity index (χ0) is 13.1. The molecule has 0 spiro atoms. The summed E-state index contributed by atoms with van der Waals surface area (Å²) in [4.78, 5) is 0.564. The fraction of sp³-hybridized carbons (Fsp3) is 0.143. The summed E-state index contributed by atoms with van der Waals surface area (Å²) in [6, 6.07) is 12.9. The van der Waals surface area contributed by atoms with E-state index in [-0.39, 0.29) is 0 Å². The van der Waals surface area contributed by atoms with Crippen LogP contribution in [0.5, 0.6) is 0 Å². The molecule has 18 heavy (non-hydrogen) atoms. The molecule has 0 fully saturated rings. The van der Waals surface area contributed by atoms with Crippen LogP contribution in [0.25, 0.3) is 11.1 Å². The SMILES string of the molecule is Cc1cc(N)cc(-c2ccc(SC(F)F)cc2)c1. The highest BCUT2D eigenvalue weighted by atomic mass is 32.2. The summed E-state index contributed by atoms with van der Waals surface area (Å²) in [5, 5.41) is 0. The Morgan fingerprint density at radius 2 is 1.67 bits per heavy atom. The van der Waals surface area contributed by atoms with Crippen LogP contribution in [0, 0.1) is 6.92 Å². The average molecular weight is 265 g/mol. The number of aryl methyl sites for hydroxylation is 1. The summed E-state index contributed by atoms with van der Waals surface area (Å²) in [6.45, 7) is 1.97. The molecule has 2 aromatic carbocycles. The second-order valence-corrected chi connectivity index (χ2v) is 5.10. The third kappa shape index (κ3) is 3.23. The van der Waals surface area contributed by atoms with E-state index in [1.807, 2.05) is 37.3 Å². The van der Waals surface area contributed by atoms with Crippen LogP contribution >= 0.6 is 11.8 Å². The van der Waals surface area contributed by atoms with Crippen LogP contribution in [0.3, 0.4) is 0 Å². The number of hydrogen-bond acceptors (Lipinski definition) is 2. The predicted molar refractivity (Wildman–Crippen MR) is 72.9 cm³/mol. The number of nitrogens with two attached hydrogens (primary N) is 1. The second kappa shape index (κ2) is 5.40. The fourth-order valence-corrected chi connectivity index (χ4v) is 2.31. The van der Waals surface area contributed by atoms with Crippen molar-refractivity contribution in [1.29, 1.82) is 0 Å². The number of nitrogen functional groups attached to an aromatic ring is 1. The number of anilines is 1. The molecule has 0 radical (unpaired) electrons. The van der Waals surface area contributed by atoms with E-state index in [4.69, 9.17) is 5.73 Å². The lowest BCUT2D eigenvalue weighted by Gasteiger charge is -2.06. The Kier molecular flexibility index (Phi) is 3.87. The lowest BCUT2D eigenvalue weighted by atomic mass is 10.0. The van der Waals surface area contributed by atoms with Gasteiger partial charge in [0.05, 0.1) is 0 Å². The normalized spacial score (nSPS) is 10.9. The maximum atomic E-state index is 12.2. The molecule has 0 saturated carbocycles. The third-order valence-electron chi connectivity index (χ3n) is 2.51. The second-order valence-electron chi connectivity index (χ2n) is 4.04. The van der Waals surface area contributed by atoms with Crippen molar-refractivity contribution < 1.29 is 8.78 Å². The largest absolute Gasteiger partial charge is 0.399 e. The Hall–Kier alpha value is -1.55. The van der Waals surface area contributed by atoms with Gasteiger partial charge in [0.2, 0.25) is 0 Å². The standard InChI is InChI=1S/C14H13F2NS/c1-9-6-11(8-12(17)7-9)10-2-4-13(5-3-10)18-14(15)16/h2-8,14H,17H2,1H3. The van der Waals surface area contributed by atoms with Crippen LogP contribution in [0.15, 0.2) is 47.4 Å². The topological polar surface area (TPSA) is 26.0 Å². The lowest BCUT2D eigenvalue weighted by molar-refractivity contribution is 0.252. The molecule has 0 saturated heterocycles. The molecule has 0 aliphatic heterocycles. The van der Waals surface area contributed by atoms with Crippen molar-refractivity contribution in [2.45, 2.75) is 17.6 Å². The molecule has 94 valence electrons. The summed E-state index contributed by atoms with van der Waals surface area (Å²) >= 11 is 0.551. The van der Waals surface area contributed by atoms with E-state index in [1.54, 1.807) is 12.1 Å². The number of rotatable bonds is 3. The van der Waals surface area contributed by atoms with Gasteiger partial charge in [0.1, 0.15) is 0 Å². The average Bonchev–Trinajstić information content (AvgIpc) is 2.27. The quantitative estimate of drug-likeness (QED) is 0.650. The molecule has 2 aromatic rings. The first-order valence-electron chi connectivity index (χ1n) is 5.47. The predicted octanol–water partition coefficient (Wildman–Crippen LogP) is 4.56. The van der Waals surface area contributed by atoms with Gasteiger partial charge >= 0.3 is 0 Å². The number of alkyl halides is 2. The van der Waals surface area contributed by atoms with Crippen molar-refractivity contribution in [2.24, 2.45) is 0 Å². The fourth-order valence-electron chi connectivity index (χ4n) is 1.81. The first kappa shape index (κ1) is 12.9. The Balaban J connectivity index is 2.28. The first-order chi connectivity index (χ1) is 8.54. The highest BCUT2D eigenvalue weighted by Gasteiger charge is 2.05. The number of hydrogen-bond donors (Lipinski definition) is 1. The van der Waals surface area contributed by atoms with Crippen LogP contribution in [-0.2, 0) is 0 Å². The Morgan fingerprint density at radius 3 is 2.22 bits per heavy atom. The first-order valence-corrected chi connectivity index (χ1v) is 6.35. The summed E-state index contributed by atoms with van der Waals surface area (Å²) < 4.78 is 24.4. The molecule has 4 heteroatoms. The smallest absolute Gasteiger partial charge is 0.288 e. The van der Waals surface area contributed by atoms with Crippen molar-refractivity contribution in [1.82, 2.24) is 0 Å². The Labute approximate surface area is 109 Å². The van der Waals surface area contributed by atoms with Crippen molar-refractivity contribution >= 4 is 17.4 Å². The van der Waals surface area contributed by atoms with Gasteiger partial charge in [0.15, 0.2) is 0 Å². The van der Waals surface area contributed by atoms with Crippen LogP contribution in [0.1, 0.15) is 5.56 Å². The molecular weight excluding hydrogens is 252 g/mol. The van der Waals surface area contributed by atoms with E-state index in [0.717, 1.165) is 16.7 Å². The van der Waals surface area contributed by atoms with Crippen molar-refractivity contribution in [3.8, 4) is 11.1 Å². The number of thioether (sulfide) groups is 1. The molecule has 0 aliphatic rings. The summed E-state index contributed by atoms with van der Waals surface area (Å²) in [5.74, 6) is -2.38. The van der Waals surface area contributed by atoms with Gasteiger partial charge in [-0.3, -0.25) is 0 Å². The van der Waals surface area contributed by atoms with Crippen molar-refractivity contribution in [3.05, 3.63) is 48.0 Å². The van der Waals surface area contributed by atoms with Crippen molar-refractivity contribution in [2.75, 3.05) is 5.73 Å². The van der Waals surface area contributed by atoms with E-state index < -0.39 is 5.76 Å². The molecular formula is C14H13F2NS. The van der Waals surface area contributed by atoms with Gasteiger partial charge in [0, 0.05) is 10.6 Å². The molecule has 2 N–H and O–H groups in total. The summed E-state index contributed by atoms with van der Waals surface area (Å²) in [7, 11) is 0. The van der Waals surface area contributed by atoms with Crippen LogP contribution in [0.4, 0.5) is 14.5 Å². The van der Waals surface area contributed by atoms with E-state index in [2.05, 4.69) is 0 Å². The number of halogens is 2. The van der Waals surface area contributed by atoms with E-state index in [9.17, 15) is 8.78 Å². The van der Waals surface area contributed by atoms with Crippen LogP contribution < -0.4 is 5.73 Å². The molecule has 0 atom stereocenters. The molecule has 0 amide bonds. The summed E-state index contributed by atoms with van der Waals surface area (Å²) in [5.41, 5.74) is 9.55. The summed E-state index contributed by atoms with van der Waals surface area (Å²) in [6.07, 6.45) is 0. The van der Waals surface area contributed by atoms with Crippen LogP contribution in [0.2, 0.25) is 0 Å². The lowest BCUT2D eigenvalue weighted by Crippen LogP contribution is -1.88. The Morgan fingerprint density at radius 1 is 1.00 bits per heavy atom. The molecule has 1 nitrogen and oxygen atoms in total. The third-order valence-corrected chi connectivity index (χ3v) is 3.24. The van der Waals surface area contributed by atoms with Gasteiger partial charge in [-0.15, -0.1) is 0 Å². The van der Waals surface area contributed by atoms with Gasteiger partial charge in [-0.1, -0.05) is 30.0 Å². The molecule has 0 aromatic heterocycles. The van der Waals surface area contributed by atoms with E-state index in [1.165, 1.54) is 0 Å². The maximum Gasteiger partial charge on any atom is 0.288 e. The van der Waals surface area contributed by atoms with Gasteiger partial charge in [0.25, 0.3) is 5.76 Å². The highest BCUT2D eigenvalue weighted by Crippen LogP contribution is 2.29. The molecule has 0 heterocycles. The van der Waals surface area contributed by atoms with Gasteiger partial charge in [-0.2, -0.15) is 8.78 Å². The van der Waals surface area contributed by atoms with Gasteiger partial charge in [-0.05, 0) is 47.9 Å². The van der Waals surface area contributed by atoms with E-state index >= 15 is 0 Å². The molecule has 2 rings (SSSR count). The minimum Gasteiger partial charge on any atom is -0.399 e. The van der Waals surface area contributed by atoms with Crippen LogP contribution in [-0.4, -0.2) is 5.76 Å². The number of benzene rings is 2. The van der Waals surface area contributed by atoms with Crippen molar-refractivity contribution in [3.63, 3.8) is 0 Å². The van der Waals surface area contributed by atoms with Gasteiger partial charge in [-0.25, -0.2) is 0 Å². The Bertz CT molecular complexity index is 518. The van der Waals surface area contributed by atoms with E-state index in [0.29, 0.717) is 22.3 Å². The van der Waals surface area contributed by atoms with Gasteiger partial charge < -0.3 is 5.73 Å². The zero-order valence-corrected chi connectivity index (χ0v) is 10.7.